The molecular weight excluding hydrogens is 440 g/mol. The zero-order valence-corrected chi connectivity index (χ0v) is 18.3. The van der Waals surface area contributed by atoms with Gasteiger partial charge in [0.05, 0.1) is 19.0 Å². The lowest BCUT2D eigenvalue weighted by atomic mass is 10.0. The fourth-order valence-electron chi connectivity index (χ4n) is 2.77. The summed E-state index contributed by atoms with van der Waals surface area (Å²) in [7, 11) is 0. The van der Waals surface area contributed by atoms with Crippen molar-refractivity contribution < 1.29 is 39.3 Å². The van der Waals surface area contributed by atoms with Crippen molar-refractivity contribution in [2.45, 2.75) is 57.3 Å². The molecule has 1 aromatic rings. The van der Waals surface area contributed by atoms with Gasteiger partial charge in [0.15, 0.2) is 0 Å². The van der Waals surface area contributed by atoms with Crippen molar-refractivity contribution in [1.82, 2.24) is 25.9 Å². The Morgan fingerprint density at radius 1 is 1.03 bits per heavy atom. The number of carbonyl (C=O) groups excluding carboxylic acids is 3. The lowest BCUT2D eigenvalue weighted by Gasteiger charge is -2.26. The number of H-pyrrole nitrogens is 1. The number of hydrogen-bond acceptors (Lipinski definition) is 8. The van der Waals surface area contributed by atoms with Crippen LogP contribution in [0.15, 0.2) is 12.5 Å². The lowest BCUT2D eigenvalue weighted by Crippen LogP contribution is -2.59. The smallest absolute Gasteiger partial charge is 0.326 e. The van der Waals surface area contributed by atoms with Gasteiger partial charge in [0.1, 0.15) is 18.1 Å². The van der Waals surface area contributed by atoms with E-state index in [1.807, 2.05) is 0 Å². The van der Waals surface area contributed by atoms with Crippen molar-refractivity contribution in [2.75, 3.05) is 6.61 Å². The van der Waals surface area contributed by atoms with E-state index in [1.54, 1.807) is 13.8 Å². The van der Waals surface area contributed by atoms with Gasteiger partial charge in [0.2, 0.25) is 17.7 Å². The summed E-state index contributed by atoms with van der Waals surface area (Å²) in [6.07, 6.45) is 2.19. The number of nitrogens with zero attached hydrogens (tertiary/aromatic N) is 1. The van der Waals surface area contributed by atoms with Gasteiger partial charge in [0.25, 0.3) is 0 Å². The van der Waals surface area contributed by atoms with E-state index in [9.17, 15) is 29.1 Å². The van der Waals surface area contributed by atoms with E-state index < -0.39 is 72.8 Å². The van der Waals surface area contributed by atoms with Gasteiger partial charge in [-0.25, -0.2) is 9.78 Å². The van der Waals surface area contributed by atoms with E-state index in [0.29, 0.717) is 5.69 Å². The number of carboxylic acid groups (broad SMARTS) is 2. The number of aromatic amines is 1. The lowest BCUT2D eigenvalue weighted by molar-refractivity contribution is -0.143. The largest absolute Gasteiger partial charge is 0.481 e. The highest BCUT2D eigenvalue weighted by Crippen LogP contribution is 2.05. The number of aliphatic carboxylic acids is 2. The maximum absolute atomic E-state index is 12.7. The molecule has 4 atom stereocenters. The molecule has 0 aromatic carbocycles. The summed E-state index contributed by atoms with van der Waals surface area (Å²) in [6, 6.07) is -5.14. The number of amides is 3. The van der Waals surface area contributed by atoms with Gasteiger partial charge in [-0.3, -0.25) is 19.2 Å². The van der Waals surface area contributed by atoms with Gasteiger partial charge in [-0.05, 0) is 12.3 Å². The summed E-state index contributed by atoms with van der Waals surface area (Å²) in [5, 5.41) is 34.2. The molecule has 0 saturated heterocycles. The van der Waals surface area contributed by atoms with Gasteiger partial charge in [-0.15, -0.1) is 0 Å². The maximum Gasteiger partial charge on any atom is 0.326 e. The maximum atomic E-state index is 12.7. The third kappa shape index (κ3) is 9.24. The molecule has 14 nitrogen and oxygen atoms in total. The van der Waals surface area contributed by atoms with Gasteiger partial charge < -0.3 is 42.0 Å². The second-order valence-corrected chi connectivity index (χ2v) is 7.69. The van der Waals surface area contributed by atoms with E-state index >= 15 is 0 Å². The summed E-state index contributed by atoms with van der Waals surface area (Å²) in [5.74, 6) is -5.57. The molecule has 1 heterocycles. The van der Waals surface area contributed by atoms with Crippen LogP contribution in [-0.2, 0) is 30.4 Å². The molecule has 3 amide bonds. The predicted molar refractivity (Wildman–Crippen MR) is 112 cm³/mol. The molecule has 0 radical (unpaired) electrons. The van der Waals surface area contributed by atoms with Crippen LogP contribution < -0.4 is 21.7 Å². The Morgan fingerprint density at radius 2 is 1.67 bits per heavy atom. The molecule has 184 valence electrons. The second-order valence-electron chi connectivity index (χ2n) is 7.69. The number of carboxylic acids is 2. The first kappa shape index (κ1) is 27.5. The highest BCUT2D eigenvalue weighted by Gasteiger charge is 2.31. The van der Waals surface area contributed by atoms with Crippen LogP contribution in [-0.4, -0.2) is 85.7 Å². The van der Waals surface area contributed by atoms with E-state index in [1.165, 1.54) is 12.5 Å². The molecule has 1 rings (SSSR count). The van der Waals surface area contributed by atoms with Crippen LogP contribution in [0.1, 0.15) is 32.4 Å². The SMILES string of the molecule is CC(C)C(NC(=O)C(N)Cc1cnc[nH]1)C(=O)NC(CO)C(=O)NC(CCC(=O)O)C(=O)O. The Kier molecular flexibility index (Phi) is 10.9. The van der Waals surface area contributed by atoms with Crippen molar-refractivity contribution in [1.29, 1.82) is 0 Å². The zero-order valence-electron chi connectivity index (χ0n) is 18.3. The second kappa shape index (κ2) is 13.1. The zero-order chi connectivity index (χ0) is 25.1. The van der Waals surface area contributed by atoms with Crippen molar-refractivity contribution in [3.63, 3.8) is 0 Å². The highest BCUT2D eigenvalue weighted by atomic mass is 16.4. The van der Waals surface area contributed by atoms with Crippen molar-refractivity contribution in [3.8, 4) is 0 Å². The summed E-state index contributed by atoms with van der Waals surface area (Å²) < 4.78 is 0. The first-order valence-corrected chi connectivity index (χ1v) is 10.2. The van der Waals surface area contributed by atoms with Crippen LogP contribution in [0.5, 0.6) is 0 Å². The standard InChI is InChI=1S/C19H30N6O8/c1-9(2)15(25-16(29)11(20)5-10-6-21-8-22-10)18(31)24-13(7-26)17(30)23-12(19(32)33)3-4-14(27)28/h6,8-9,11-13,15,26H,3-5,7,20H2,1-2H3,(H,21,22)(H,23,30)(H,24,31)(H,25,29)(H,27,28)(H,32,33). The van der Waals surface area contributed by atoms with Crippen molar-refractivity contribution in [2.24, 2.45) is 11.7 Å². The van der Waals surface area contributed by atoms with Crippen molar-refractivity contribution >= 4 is 29.7 Å². The Hall–Kier alpha value is -3.52. The van der Waals surface area contributed by atoms with Gasteiger partial charge in [0, 0.05) is 24.7 Å². The molecule has 0 fully saturated rings. The normalized spacial score (nSPS) is 14.6. The number of imidazole rings is 1. The summed E-state index contributed by atoms with van der Waals surface area (Å²) in [5.41, 5.74) is 6.49. The number of aliphatic hydroxyl groups excluding tert-OH is 1. The number of aromatic nitrogens is 2. The predicted octanol–water partition coefficient (Wildman–Crippen LogP) is -2.67. The fourth-order valence-corrected chi connectivity index (χ4v) is 2.77. The Bertz CT molecular complexity index is 828. The molecule has 0 spiro atoms. The molecule has 0 saturated carbocycles. The van der Waals surface area contributed by atoms with Crippen LogP contribution >= 0.6 is 0 Å². The number of rotatable bonds is 14. The van der Waals surface area contributed by atoms with Crippen LogP contribution in [0.25, 0.3) is 0 Å². The monoisotopic (exact) mass is 470 g/mol. The topological polar surface area (TPSA) is 237 Å². The average molecular weight is 470 g/mol. The third-order valence-corrected chi connectivity index (χ3v) is 4.66. The molecule has 14 heteroatoms. The molecule has 4 unspecified atom stereocenters. The van der Waals surface area contributed by atoms with E-state index in [4.69, 9.17) is 15.9 Å². The average Bonchev–Trinajstić information content (AvgIpc) is 3.24. The summed E-state index contributed by atoms with van der Waals surface area (Å²) in [6.45, 7) is 2.43. The van der Waals surface area contributed by atoms with Crippen LogP contribution in [0.2, 0.25) is 0 Å². The molecule has 9 N–H and O–H groups in total. The molecule has 33 heavy (non-hydrogen) atoms. The van der Waals surface area contributed by atoms with Crippen LogP contribution in [0.4, 0.5) is 0 Å². The molecule has 0 aliphatic heterocycles. The van der Waals surface area contributed by atoms with Crippen molar-refractivity contribution in [3.05, 3.63) is 18.2 Å². The molecule has 1 aromatic heterocycles. The molecule has 0 aliphatic carbocycles. The number of nitrogens with two attached hydrogens (primary N) is 1. The van der Waals surface area contributed by atoms with Gasteiger partial charge >= 0.3 is 11.9 Å². The quantitative estimate of drug-likeness (QED) is 0.140. The highest BCUT2D eigenvalue weighted by molar-refractivity contribution is 5.94. The number of nitrogens with one attached hydrogen (secondary N) is 4. The van der Waals surface area contributed by atoms with Crippen LogP contribution in [0.3, 0.4) is 0 Å². The first-order valence-electron chi connectivity index (χ1n) is 10.2. The molecular formula is C19H30N6O8. The number of hydrogen-bond donors (Lipinski definition) is 8. The first-order chi connectivity index (χ1) is 15.5. The summed E-state index contributed by atoms with van der Waals surface area (Å²) in [4.78, 5) is 66.0. The number of aliphatic hydroxyl groups is 1. The van der Waals surface area contributed by atoms with Gasteiger partial charge in [-0.1, -0.05) is 13.8 Å². The summed E-state index contributed by atoms with van der Waals surface area (Å²) >= 11 is 0. The van der Waals surface area contributed by atoms with E-state index in [2.05, 4.69) is 25.9 Å². The fraction of sp³-hybridized carbons (Fsp3) is 0.579. The Labute approximate surface area is 189 Å². The number of carbonyl (C=O) groups is 5. The minimum Gasteiger partial charge on any atom is -0.481 e. The minimum absolute atomic E-state index is 0.146. The van der Waals surface area contributed by atoms with Gasteiger partial charge in [-0.2, -0.15) is 0 Å². The third-order valence-electron chi connectivity index (χ3n) is 4.66. The van der Waals surface area contributed by atoms with Crippen LogP contribution in [0, 0.1) is 5.92 Å². The minimum atomic E-state index is -1.53. The molecule has 0 aliphatic rings. The Morgan fingerprint density at radius 3 is 2.15 bits per heavy atom. The molecule has 0 bridgehead atoms. The Balaban J connectivity index is 2.77. The van der Waals surface area contributed by atoms with E-state index in [-0.39, 0.29) is 12.8 Å². The van der Waals surface area contributed by atoms with E-state index in [0.717, 1.165) is 0 Å².